The molecular formula is C10H22N2. The van der Waals surface area contributed by atoms with Crippen molar-refractivity contribution >= 4 is 0 Å². The van der Waals surface area contributed by atoms with Crippen molar-refractivity contribution in [3.8, 4) is 0 Å². The van der Waals surface area contributed by atoms with E-state index in [1.54, 1.807) is 0 Å². The third kappa shape index (κ3) is 7.76. The largest absolute Gasteiger partial charge is 0.330 e. The fraction of sp³-hybridized carbons (Fsp3) is 0.800. The van der Waals surface area contributed by atoms with Crippen LogP contribution >= 0.6 is 0 Å². The van der Waals surface area contributed by atoms with Crippen LogP contribution < -0.4 is 11.1 Å². The van der Waals surface area contributed by atoms with Crippen LogP contribution in [0.15, 0.2) is 12.2 Å². The van der Waals surface area contributed by atoms with Gasteiger partial charge in [-0.3, -0.25) is 0 Å². The van der Waals surface area contributed by atoms with Crippen LogP contribution in [0.2, 0.25) is 0 Å². The van der Waals surface area contributed by atoms with E-state index in [4.69, 9.17) is 5.73 Å². The van der Waals surface area contributed by atoms with E-state index in [1.807, 2.05) is 0 Å². The fourth-order valence-electron chi connectivity index (χ4n) is 1.04. The van der Waals surface area contributed by atoms with Crippen LogP contribution in [-0.4, -0.2) is 19.6 Å². The first kappa shape index (κ1) is 11.7. The number of nitrogens with one attached hydrogen (secondary N) is 1. The predicted octanol–water partition coefficient (Wildman–Crippen LogP) is 1.67. The van der Waals surface area contributed by atoms with E-state index in [2.05, 4.69) is 18.8 Å². The molecule has 2 heteroatoms. The van der Waals surface area contributed by atoms with Crippen molar-refractivity contribution in [2.24, 2.45) is 5.73 Å². The van der Waals surface area contributed by atoms with Crippen molar-refractivity contribution in [2.45, 2.75) is 32.6 Å². The van der Waals surface area contributed by atoms with Crippen LogP contribution in [0, 0.1) is 0 Å². The summed E-state index contributed by atoms with van der Waals surface area (Å²) in [5.41, 5.74) is 6.72. The Morgan fingerprint density at radius 2 is 2.08 bits per heavy atom. The Bertz CT molecular complexity index is 110. The lowest BCUT2D eigenvalue weighted by Crippen LogP contribution is -2.16. The second-order valence-electron chi connectivity index (χ2n) is 3.14. The maximum Gasteiger partial charge on any atom is -0.00117 e. The number of rotatable bonds is 8. The molecule has 0 saturated carbocycles. The molecule has 0 aliphatic heterocycles. The molecule has 0 saturated heterocycles. The van der Waals surface area contributed by atoms with Crippen molar-refractivity contribution in [3.63, 3.8) is 0 Å². The van der Waals surface area contributed by atoms with Crippen molar-refractivity contribution in [1.82, 2.24) is 5.32 Å². The summed E-state index contributed by atoms with van der Waals surface area (Å²) in [4.78, 5) is 0. The minimum Gasteiger partial charge on any atom is -0.330 e. The highest BCUT2D eigenvalue weighted by molar-refractivity contribution is 4.94. The molecule has 0 aromatic rings. The normalized spacial score (nSPS) is 10.2. The minimum absolute atomic E-state index is 0.779. The van der Waals surface area contributed by atoms with Crippen molar-refractivity contribution in [3.05, 3.63) is 12.2 Å². The van der Waals surface area contributed by atoms with Gasteiger partial charge in [0.1, 0.15) is 0 Å². The highest BCUT2D eigenvalue weighted by Crippen LogP contribution is 2.04. The monoisotopic (exact) mass is 170 g/mol. The van der Waals surface area contributed by atoms with Gasteiger partial charge in [0.2, 0.25) is 0 Å². The molecule has 3 N–H and O–H groups in total. The van der Waals surface area contributed by atoms with E-state index in [-0.39, 0.29) is 0 Å². The van der Waals surface area contributed by atoms with Gasteiger partial charge in [0.05, 0.1) is 0 Å². The first-order valence-corrected chi connectivity index (χ1v) is 4.88. The van der Waals surface area contributed by atoms with Gasteiger partial charge in [-0.1, -0.05) is 19.1 Å². The standard InChI is InChI=1S/C10H22N2/c1-3-8-12-9-6-10(2)5-4-7-11/h12H,2-9,11H2,1H3. The third-order valence-corrected chi connectivity index (χ3v) is 1.82. The fourth-order valence-corrected chi connectivity index (χ4v) is 1.04. The molecule has 0 aromatic carbocycles. The molecule has 0 aliphatic rings. The van der Waals surface area contributed by atoms with Crippen LogP contribution in [0.4, 0.5) is 0 Å². The Hall–Kier alpha value is -0.340. The average Bonchev–Trinajstić information content (AvgIpc) is 2.09. The second kappa shape index (κ2) is 8.75. The van der Waals surface area contributed by atoms with E-state index >= 15 is 0 Å². The van der Waals surface area contributed by atoms with Gasteiger partial charge in [-0.15, -0.1) is 0 Å². The Morgan fingerprint density at radius 3 is 2.67 bits per heavy atom. The molecule has 0 radical (unpaired) electrons. The summed E-state index contributed by atoms with van der Waals surface area (Å²) in [6, 6.07) is 0. The van der Waals surface area contributed by atoms with Gasteiger partial charge < -0.3 is 11.1 Å². The van der Waals surface area contributed by atoms with Gasteiger partial charge >= 0.3 is 0 Å². The Balaban J connectivity index is 3.08. The first-order chi connectivity index (χ1) is 5.81. The highest BCUT2D eigenvalue weighted by atomic mass is 14.8. The quantitative estimate of drug-likeness (QED) is 0.429. The third-order valence-electron chi connectivity index (χ3n) is 1.82. The molecule has 0 spiro atoms. The van der Waals surface area contributed by atoms with Crippen molar-refractivity contribution in [1.29, 1.82) is 0 Å². The topological polar surface area (TPSA) is 38.0 Å². The molecule has 0 aromatic heterocycles. The lowest BCUT2D eigenvalue weighted by molar-refractivity contribution is 0.655. The van der Waals surface area contributed by atoms with E-state index in [1.165, 1.54) is 12.0 Å². The van der Waals surface area contributed by atoms with Crippen molar-refractivity contribution in [2.75, 3.05) is 19.6 Å². The predicted molar refractivity (Wildman–Crippen MR) is 55.2 cm³/mol. The maximum atomic E-state index is 5.40. The van der Waals surface area contributed by atoms with Gasteiger partial charge in [0.25, 0.3) is 0 Å². The zero-order chi connectivity index (χ0) is 9.23. The summed E-state index contributed by atoms with van der Waals surface area (Å²) in [5, 5.41) is 3.35. The lowest BCUT2D eigenvalue weighted by Gasteiger charge is -2.05. The molecule has 0 fully saturated rings. The molecule has 72 valence electrons. The molecule has 0 unspecified atom stereocenters. The smallest absolute Gasteiger partial charge is 0.00117 e. The highest BCUT2D eigenvalue weighted by Gasteiger charge is 1.93. The van der Waals surface area contributed by atoms with E-state index in [0.717, 1.165) is 38.9 Å². The van der Waals surface area contributed by atoms with Crippen LogP contribution in [-0.2, 0) is 0 Å². The van der Waals surface area contributed by atoms with Gasteiger partial charge in [-0.05, 0) is 45.3 Å². The Kier molecular flexibility index (Phi) is 8.51. The van der Waals surface area contributed by atoms with Gasteiger partial charge in [-0.2, -0.15) is 0 Å². The number of hydrogen-bond donors (Lipinski definition) is 2. The molecule has 2 nitrogen and oxygen atoms in total. The summed E-state index contributed by atoms with van der Waals surface area (Å²) in [7, 11) is 0. The lowest BCUT2D eigenvalue weighted by atomic mass is 10.1. The first-order valence-electron chi connectivity index (χ1n) is 4.88. The van der Waals surface area contributed by atoms with E-state index in [0.29, 0.717) is 0 Å². The molecule has 0 amide bonds. The Labute approximate surface area is 76.2 Å². The average molecular weight is 170 g/mol. The van der Waals surface area contributed by atoms with Crippen LogP contribution in [0.25, 0.3) is 0 Å². The summed E-state index contributed by atoms with van der Waals surface area (Å²) >= 11 is 0. The van der Waals surface area contributed by atoms with Crippen LogP contribution in [0.5, 0.6) is 0 Å². The molecule has 0 heterocycles. The minimum atomic E-state index is 0.779. The second-order valence-corrected chi connectivity index (χ2v) is 3.14. The maximum absolute atomic E-state index is 5.40. The van der Waals surface area contributed by atoms with E-state index in [9.17, 15) is 0 Å². The number of nitrogens with two attached hydrogens (primary N) is 1. The van der Waals surface area contributed by atoms with Gasteiger partial charge in [-0.25, -0.2) is 0 Å². The summed E-state index contributed by atoms with van der Waals surface area (Å²) < 4.78 is 0. The van der Waals surface area contributed by atoms with Gasteiger partial charge in [0.15, 0.2) is 0 Å². The zero-order valence-corrected chi connectivity index (χ0v) is 8.23. The molecule has 0 aliphatic carbocycles. The van der Waals surface area contributed by atoms with Gasteiger partial charge in [0, 0.05) is 0 Å². The molecule has 0 rings (SSSR count). The SMILES string of the molecule is C=C(CCCN)CCNCCC. The molecule has 0 atom stereocenters. The molecule has 0 bridgehead atoms. The Morgan fingerprint density at radius 1 is 1.33 bits per heavy atom. The van der Waals surface area contributed by atoms with Crippen LogP contribution in [0.1, 0.15) is 32.6 Å². The zero-order valence-electron chi connectivity index (χ0n) is 8.23. The molecule has 12 heavy (non-hydrogen) atoms. The summed E-state index contributed by atoms with van der Waals surface area (Å²) in [5.74, 6) is 0. The summed E-state index contributed by atoms with van der Waals surface area (Å²) in [6.07, 6.45) is 4.46. The van der Waals surface area contributed by atoms with Crippen molar-refractivity contribution < 1.29 is 0 Å². The molecular weight excluding hydrogens is 148 g/mol. The van der Waals surface area contributed by atoms with E-state index < -0.39 is 0 Å². The number of hydrogen-bond acceptors (Lipinski definition) is 2. The van der Waals surface area contributed by atoms with Crippen LogP contribution in [0.3, 0.4) is 0 Å². The summed E-state index contributed by atoms with van der Waals surface area (Å²) in [6.45, 7) is 9.13.